The quantitative estimate of drug-likeness (QED) is 0.296. The Morgan fingerprint density at radius 3 is 2.05 bits per heavy atom. The number of furan rings is 1. The number of hydrogen-bond donors (Lipinski definition) is 0. The summed E-state index contributed by atoms with van der Waals surface area (Å²) in [6, 6.07) is 22.7. The Hall–Kier alpha value is -2.51. The van der Waals surface area contributed by atoms with Gasteiger partial charge >= 0.3 is 0 Å². The minimum absolute atomic E-state index is 0.729. The summed E-state index contributed by atoms with van der Waals surface area (Å²) in [4.78, 5) is 0. The number of fused-ring (bicyclic) bond motifs is 8. The fraction of sp³-hybridized carbons (Fsp3) is 0. The fourth-order valence-corrected chi connectivity index (χ4v) is 3.55. The van der Waals surface area contributed by atoms with Crippen molar-refractivity contribution in [3.05, 3.63) is 71.8 Å². The summed E-state index contributed by atoms with van der Waals surface area (Å²) >= 11 is 6.20. The summed E-state index contributed by atoms with van der Waals surface area (Å²) in [5.74, 6) is 0. The molecule has 2 heteroatoms. The maximum atomic E-state index is 6.20. The van der Waals surface area contributed by atoms with Crippen molar-refractivity contribution in [3.63, 3.8) is 0 Å². The molecule has 0 aliphatic heterocycles. The SMILES string of the molecule is Clc1ccc2oc3c4ccccc4c4ccccc4c3c2c1. The highest BCUT2D eigenvalue weighted by molar-refractivity contribution is 6.34. The zero-order valence-corrected chi connectivity index (χ0v) is 12.4. The van der Waals surface area contributed by atoms with Gasteiger partial charge in [0.2, 0.25) is 0 Å². The van der Waals surface area contributed by atoms with Gasteiger partial charge in [0.05, 0.1) is 0 Å². The molecule has 1 aromatic heterocycles. The zero-order valence-electron chi connectivity index (χ0n) is 11.6. The Balaban J connectivity index is 2.22. The van der Waals surface area contributed by atoms with Gasteiger partial charge in [-0.2, -0.15) is 0 Å². The van der Waals surface area contributed by atoms with Crippen LogP contribution in [0.1, 0.15) is 0 Å². The van der Waals surface area contributed by atoms with Crippen LogP contribution in [-0.2, 0) is 0 Å². The summed E-state index contributed by atoms with van der Waals surface area (Å²) in [6.45, 7) is 0. The molecule has 0 fully saturated rings. The summed E-state index contributed by atoms with van der Waals surface area (Å²) < 4.78 is 6.17. The highest BCUT2D eigenvalue weighted by atomic mass is 35.5. The van der Waals surface area contributed by atoms with Crippen LogP contribution in [0.25, 0.3) is 43.5 Å². The van der Waals surface area contributed by atoms with Gasteiger partial charge in [-0.1, -0.05) is 60.1 Å². The second kappa shape index (κ2) is 4.25. The molecule has 0 aliphatic carbocycles. The number of hydrogen-bond acceptors (Lipinski definition) is 1. The highest BCUT2D eigenvalue weighted by Crippen LogP contribution is 2.41. The molecule has 0 saturated heterocycles. The van der Waals surface area contributed by atoms with Crippen LogP contribution in [0, 0.1) is 0 Å². The Morgan fingerprint density at radius 2 is 1.27 bits per heavy atom. The van der Waals surface area contributed by atoms with Crippen molar-refractivity contribution in [2.24, 2.45) is 0 Å². The van der Waals surface area contributed by atoms with Gasteiger partial charge in [-0.3, -0.25) is 0 Å². The van der Waals surface area contributed by atoms with Crippen molar-refractivity contribution < 1.29 is 4.42 Å². The van der Waals surface area contributed by atoms with E-state index in [2.05, 4.69) is 48.5 Å². The number of halogens is 1. The van der Waals surface area contributed by atoms with E-state index in [0.29, 0.717) is 0 Å². The second-order valence-corrected chi connectivity index (χ2v) is 5.97. The molecular formula is C20H11ClO. The molecule has 0 amide bonds. The summed E-state index contributed by atoms with van der Waals surface area (Å²) in [6.07, 6.45) is 0. The molecular weight excluding hydrogens is 292 g/mol. The van der Waals surface area contributed by atoms with E-state index < -0.39 is 0 Å². The maximum Gasteiger partial charge on any atom is 0.143 e. The molecule has 1 nitrogen and oxygen atoms in total. The maximum absolute atomic E-state index is 6.20. The van der Waals surface area contributed by atoms with Gasteiger partial charge < -0.3 is 4.42 Å². The first-order valence-electron chi connectivity index (χ1n) is 7.24. The van der Waals surface area contributed by atoms with E-state index >= 15 is 0 Å². The van der Waals surface area contributed by atoms with Crippen molar-refractivity contribution in [2.75, 3.05) is 0 Å². The lowest BCUT2D eigenvalue weighted by Crippen LogP contribution is -1.79. The van der Waals surface area contributed by atoms with Crippen LogP contribution in [0.5, 0.6) is 0 Å². The van der Waals surface area contributed by atoms with Crippen LogP contribution < -0.4 is 0 Å². The third-order valence-electron chi connectivity index (χ3n) is 4.31. The van der Waals surface area contributed by atoms with Crippen LogP contribution in [0.15, 0.2) is 71.1 Å². The van der Waals surface area contributed by atoms with Crippen LogP contribution in [0.4, 0.5) is 0 Å². The molecule has 0 unspecified atom stereocenters. The van der Waals surface area contributed by atoms with Crippen LogP contribution in [0.2, 0.25) is 5.02 Å². The van der Waals surface area contributed by atoms with E-state index in [1.165, 1.54) is 16.2 Å². The van der Waals surface area contributed by atoms with Crippen molar-refractivity contribution >= 4 is 55.1 Å². The molecule has 0 atom stereocenters. The average Bonchev–Trinajstić information content (AvgIpc) is 2.94. The smallest absolute Gasteiger partial charge is 0.143 e. The lowest BCUT2D eigenvalue weighted by molar-refractivity contribution is 0.673. The molecule has 4 aromatic carbocycles. The summed E-state index contributed by atoms with van der Waals surface area (Å²) in [5, 5.41) is 7.76. The lowest BCUT2D eigenvalue weighted by atomic mass is 9.97. The van der Waals surface area contributed by atoms with E-state index in [1.54, 1.807) is 0 Å². The molecule has 0 spiro atoms. The first-order valence-corrected chi connectivity index (χ1v) is 7.62. The molecule has 22 heavy (non-hydrogen) atoms. The first-order chi connectivity index (χ1) is 10.8. The number of benzene rings is 4. The van der Waals surface area contributed by atoms with E-state index in [-0.39, 0.29) is 0 Å². The molecule has 5 aromatic rings. The predicted molar refractivity (Wildman–Crippen MR) is 93.7 cm³/mol. The van der Waals surface area contributed by atoms with E-state index in [0.717, 1.165) is 32.3 Å². The normalized spacial score (nSPS) is 11.9. The van der Waals surface area contributed by atoms with Gasteiger partial charge in [-0.25, -0.2) is 0 Å². The van der Waals surface area contributed by atoms with Crippen molar-refractivity contribution in [1.29, 1.82) is 0 Å². The van der Waals surface area contributed by atoms with Gasteiger partial charge in [0.25, 0.3) is 0 Å². The van der Waals surface area contributed by atoms with Gasteiger partial charge in [0.15, 0.2) is 0 Å². The van der Waals surface area contributed by atoms with Crippen molar-refractivity contribution in [3.8, 4) is 0 Å². The minimum atomic E-state index is 0.729. The lowest BCUT2D eigenvalue weighted by Gasteiger charge is -2.05. The van der Waals surface area contributed by atoms with Crippen molar-refractivity contribution in [2.45, 2.75) is 0 Å². The zero-order chi connectivity index (χ0) is 14.7. The first kappa shape index (κ1) is 12.1. The fourth-order valence-electron chi connectivity index (χ4n) is 3.38. The average molecular weight is 303 g/mol. The van der Waals surface area contributed by atoms with Crippen LogP contribution in [0.3, 0.4) is 0 Å². The Kier molecular flexibility index (Phi) is 2.33. The van der Waals surface area contributed by atoms with Crippen LogP contribution in [-0.4, -0.2) is 0 Å². The van der Waals surface area contributed by atoms with E-state index in [9.17, 15) is 0 Å². The Bertz CT molecular complexity index is 1180. The Labute approximate surface area is 131 Å². The minimum Gasteiger partial charge on any atom is -0.455 e. The van der Waals surface area contributed by atoms with Crippen molar-refractivity contribution in [1.82, 2.24) is 0 Å². The third kappa shape index (κ3) is 1.49. The molecule has 1 heterocycles. The van der Waals surface area contributed by atoms with Gasteiger partial charge in [0.1, 0.15) is 11.2 Å². The van der Waals surface area contributed by atoms with Crippen LogP contribution >= 0.6 is 11.6 Å². The standard InChI is InChI=1S/C20H11ClO/c21-12-9-10-18-17(11-12)19-15-7-3-1-5-13(15)14-6-2-4-8-16(14)20(19)22-18/h1-11H. The van der Waals surface area contributed by atoms with Gasteiger partial charge in [-0.15, -0.1) is 0 Å². The number of rotatable bonds is 0. The summed E-state index contributed by atoms with van der Waals surface area (Å²) in [5.41, 5.74) is 1.81. The molecule has 0 N–H and O–H groups in total. The van der Waals surface area contributed by atoms with E-state index in [4.69, 9.17) is 16.0 Å². The topological polar surface area (TPSA) is 13.1 Å². The second-order valence-electron chi connectivity index (χ2n) is 5.54. The molecule has 0 bridgehead atoms. The largest absolute Gasteiger partial charge is 0.455 e. The van der Waals surface area contributed by atoms with Gasteiger partial charge in [0, 0.05) is 21.2 Å². The molecule has 0 aliphatic rings. The third-order valence-corrected chi connectivity index (χ3v) is 4.54. The molecule has 5 rings (SSSR count). The predicted octanol–water partition coefficient (Wildman–Crippen LogP) is 6.55. The molecule has 104 valence electrons. The summed E-state index contributed by atoms with van der Waals surface area (Å²) in [7, 11) is 0. The Morgan fingerprint density at radius 1 is 0.636 bits per heavy atom. The molecule has 0 saturated carbocycles. The highest BCUT2D eigenvalue weighted by Gasteiger charge is 2.15. The molecule has 0 radical (unpaired) electrons. The monoisotopic (exact) mass is 302 g/mol. The van der Waals surface area contributed by atoms with E-state index in [1.807, 2.05) is 18.2 Å². The van der Waals surface area contributed by atoms with Gasteiger partial charge in [-0.05, 0) is 34.4 Å².